The van der Waals surface area contributed by atoms with E-state index in [1.54, 1.807) is 6.92 Å². The van der Waals surface area contributed by atoms with E-state index in [0.29, 0.717) is 18.3 Å². The van der Waals surface area contributed by atoms with Crippen LogP contribution in [0.25, 0.3) is 0 Å². The van der Waals surface area contributed by atoms with Gasteiger partial charge in [0, 0.05) is 6.61 Å². The minimum atomic E-state index is -0.716. The summed E-state index contributed by atoms with van der Waals surface area (Å²) in [7, 11) is 0. The maximum atomic E-state index is 12.7. The molecule has 3 atom stereocenters. The van der Waals surface area contributed by atoms with Gasteiger partial charge >= 0.3 is 0 Å². The lowest BCUT2D eigenvalue weighted by Crippen LogP contribution is -2.27. The van der Waals surface area contributed by atoms with E-state index in [4.69, 9.17) is 5.11 Å². The Bertz CT molecular complexity index is 130. The van der Waals surface area contributed by atoms with Gasteiger partial charge in [-0.1, -0.05) is 0 Å². The van der Waals surface area contributed by atoms with Crippen molar-refractivity contribution in [2.24, 2.45) is 11.8 Å². The fraction of sp³-hybridized carbons (Fsp3) is 1.00. The molecule has 1 aliphatic rings. The molecule has 0 aromatic rings. The first-order valence-corrected chi connectivity index (χ1v) is 5.72. The molecule has 0 aromatic carbocycles. The highest BCUT2D eigenvalue weighted by atomic mass is 32.2. The number of halogens is 1. The predicted octanol–water partition coefficient (Wildman–Crippen LogP) is 2.10. The standard InChI is InChI=1S/C9H17FOS/c1-7(10)4-8-2-3-12-6-9(8)5-11/h7-9,11H,2-6H2,1H3. The minimum Gasteiger partial charge on any atom is -0.396 e. The van der Waals surface area contributed by atoms with E-state index in [1.807, 2.05) is 11.8 Å². The Hall–Kier alpha value is 0.240. The van der Waals surface area contributed by atoms with Gasteiger partial charge in [0.1, 0.15) is 0 Å². The number of alkyl halides is 1. The molecule has 3 heteroatoms. The van der Waals surface area contributed by atoms with Gasteiger partial charge in [0.2, 0.25) is 0 Å². The van der Waals surface area contributed by atoms with Crippen LogP contribution in [-0.4, -0.2) is 29.4 Å². The molecule has 0 amide bonds. The maximum Gasteiger partial charge on any atom is 0.0976 e. The number of hydrogen-bond donors (Lipinski definition) is 1. The molecule has 72 valence electrons. The monoisotopic (exact) mass is 192 g/mol. The van der Waals surface area contributed by atoms with Gasteiger partial charge in [-0.25, -0.2) is 4.39 Å². The molecule has 1 aliphatic heterocycles. The Morgan fingerprint density at radius 3 is 2.92 bits per heavy atom. The Morgan fingerprint density at radius 1 is 1.58 bits per heavy atom. The van der Waals surface area contributed by atoms with E-state index in [1.165, 1.54) is 0 Å². The lowest BCUT2D eigenvalue weighted by molar-refractivity contribution is 0.157. The van der Waals surface area contributed by atoms with Crippen LogP contribution in [0.4, 0.5) is 4.39 Å². The van der Waals surface area contributed by atoms with E-state index in [-0.39, 0.29) is 6.61 Å². The van der Waals surface area contributed by atoms with Crippen molar-refractivity contribution >= 4 is 11.8 Å². The van der Waals surface area contributed by atoms with Crippen molar-refractivity contribution in [2.45, 2.75) is 25.9 Å². The van der Waals surface area contributed by atoms with Crippen molar-refractivity contribution in [3.8, 4) is 0 Å². The third-order valence-corrected chi connectivity index (χ3v) is 3.68. The van der Waals surface area contributed by atoms with Gasteiger partial charge in [-0.3, -0.25) is 0 Å². The lowest BCUT2D eigenvalue weighted by atomic mass is 9.87. The van der Waals surface area contributed by atoms with Crippen molar-refractivity contribution in [2.75, 3.05) is 18.1 Å². The molecule has 1 rings (SSSR count). The number of thioether (sulfide) groups is 1. The van der Waals surface area contributed by atoms with Gasteiger partial charge < -0.3 is 5.11 Å². The third-order valence-electron chi connectivity index (χ3n) is 2.49. The molecule has 1 N–H and O–H groups in total. The first-order chi connectivity index (χ1) is 5.74. The molecule has 0 aliphatic carbocycles. The average molecular weight is 192 g/mol. The molecule has 0 bridgehead atoms. The minimum absolute atomic E-state index is 0.227. The maximum absolute atomic E-state index is 12.7. The summed E-state index contributed by atoms with van der Waals surface area (Å²) in [6.07, 6.45) is 0.989. The van der Waals surface area contributed by atoms with E-state index < -0.39 is 6.17 Å². The Labute approximate surface area is 77.7 Å². The fourth-order valence-corrected chi connectivity index (χ4v) is 3.09. The molecular weight excluding hydrogens is 175 g/mol. The summed E-state index contributed by atoms with van der Waals surface area (Å²) in [5.74, 6) is 2.89. The van der Waals surface area contributed by atoms with Gasteiger partial charge in [-0.2, -0.15) is 11.8 Å². The van der Waals surface area contributed by atoms with E-state index in [2.05, 4.69) is 0 Å². The second-order valence-electron chi connectivity index (χ2n) is 3.58. The molecule has 12 heavy (non-hydrogen) atoms. The average Bonchev–Trinajstić information content (AvgIpc) is 2.04. The predicted molar refractivity (Wildman–Crippen MR) is 51.2 cm³/mol. The summed E-state index contributed by atoms with van der Waals surface area (Å²) in [6.45, 7) is 1.83. The molecular formula is C9H17FOS. The summed E-state index contributed by atoms with van der Waals surface area (Å²) >= 11 is 1.88. The first kappa shape index (κ1) is 10.3. The molecule has 1 fully saturated rings. The van der Waals surface area contributed by atoms with Crippen molar-refractivity contribution < 1.29 is 9.50 Å². The third kappa shape index (κ3) is 2.94. The summed E-state index contributed by atoms with van der Waals surface area (Å²) in [4.78, 5) is 0. The SMILES string of the molecule is CC(F)CC1CCSCC1CO. The molecule has 0 radical (unpaired) electrons. The van der Waals surface area contributed by atoms with Crippen LogP contribution in [0.1, 0.15) is 19.8 Å². The van der Waals surface area contributed by atoms with Crippen LogP contribution in [0.15, 0.2) is 0 Å². The largest absolute Gasteiger partial charge is 0.396 e. The quantitative estimate of drug-likeness (QED) is 0.739. The van der Waals surface area contributed by atoms with Crippen LogP contribution in [0, 0.1) is 11.8 Å². The number of aliphatic hydroxyl groups is 1. The van der Waals surface area contributed by atoms with Crippen LogP contribution < -0.4 is 0 Å². The summed E-state index contributed by atoms with van der Waals surface area (Å²) < 4.78 is 12.7. The van der Waals surface area contributed by atoms with E-state index in [9.17, 15) is 4.39 Å². The molecule has 1 heterocycles. The molecule has 1 saturated heterocycles. The molecule has 3 unspecified atom stereocenters. The Kier molecular flexibility index (Phi) is 4.36. The molecule has 1 nitrogen and oxygen atoms in total. The second kappa shape index (κ2) is 5.07. The van der Waals surface area contributed by atoms with E-state index in [0.717, 1.165) is 17.9 Å². The highest BCUT2D eigenvalue weighted by Crippen LogP contribution is 2.31. The fourth-order valence-electron chi connectivity index (χ4n) is 1.77. The number of rotatable bonds is 3. The van der Waals surface area contributed by atoms with Crippen molar-refractivity contribution in [3.05, 3.63) is 0 Å². The zero-order chi connectivity index (χ0) is 8.97. The van der Waals surface area contributed by atoms with Crippen LogP contribution in [0.2, 0.25) is 0 Å². The van der Waals surface area contributed by atoms with Crippen LogP contribution in [0.5, 0.6) is 0 Å². The lowest BCUT2D eigenvalue weighted by Gasteiger charge is -2.30. The van der Waals surface area contributed by atoms with Crippen LogP contribution >= 0.6 is 11.8 Å². The zero-order valence-corrected chi connectivity index (χ0v) is 8.32. The number of aliphatic hydroxyl groups excluding tert-OH is 1. The summed E-state index contributed by atoms with van der Waals surface area (Å²) in [5, 5.41) is 9.04. The highest BCUT2D eigenvalue weighted by molar-refractivity contribution is 7.99. The van der Waals surface area contributed by atoms with Gasteiger partial charge in [0.05, 0.1) is 6.17 Å². The van der Waals surface area contributed by atoms with E-state index >= 15 is 0 Å². The Morgan fingerprint density at radius 2 is 2.33 bits per heavy atom. The van der Waals surface area contributed by atoms with Crippen LogP contribution in [-0.2, 0) is 0 Å². The molecule has 0 saturated carbocycles. The Balaban J connectivity index is 2.36. The smallest absolute Gasteiger partial charge is 0.0976 e. The van der Waals surface area contributed by atoms with Crippen molar-refractivity contribution in [3.63, 3.8) is 0 Å². The topological polar surface area (TPSA) is 20.2 Å². The van der Waals surface area contributed by atoms with Gasteiger partial charge in [0.25, 0.3) is 0 Å². The summed E-state index contributed by atoms with van der Waals surface area (Å²) in [6, 6.07) is 0. The summed E-state index contributed by atoms with van der Waals surface area (Å²) in [5.41, 5.74) is 0. The normalized spacial score (nSPS) is 33.2. The second-order valence-corrected chi connectivity index (χ2v) is 4.73. The zero-order valence-electron chi connectivity index (χ0n) is 7.50. The van der Waals surface area contributed by atoms with Crippen molar-refractivity contribution in [1.29, 1.82) is 0 Å². The molecule has 0 aromatic heterocycles. The first-order valence-electron chi connectivity index (χ1n) is 4.56. The van der Waals surface area contributed by atoms with Gasteiger partial charge in [-0.05, 0) is 43.1 Å². The molecule has 0 spiro atoms. The van der Waals surface area contributed by atoms with Crippen LogP contribution in [0.3, 0.4) is 0 Å². The van der Waals surface area contributed by atoms with Gasteiger partial charge in [-0.15, -0.1) is 0 Å². The van der Waals surface area contributed by atoms with Crippen molar-refractivity contribution in [1.82, 2.24) is 0 Å². The van der Waals surface area contributed by atoms with Gasteiger partial charge in [0.15, 0.2) is 0 Å². The number of hydrogen-bond acceptors (Lipinski definition) is 2. The highest BCUT2D eigenvalue weighted by Gasteiger charge is 2.25.